The van der Waals surface area contributed by atoms with Gasteiger partial charge in [0.2, 0.25) is 0 Å². The minimum absolute atomic E-state index is 0. The van der Waals surface area contributed by atoms with Gasteiger partial charge in [-0.1, -0.05) is 6.92 Å². The van der Waals surface area contributed by atoms with Gasteiger partial charge in [0.15, 0.2) is 0 Å². The Balaban J connectivity index is 0.000000810. The first-order chi connectivity index (χ1) is 4.33. The van der Waals surface area contributed by atoms with Crippen LogP contribution in [0.3, 0.4) is 0 Å². The zero-order valence-electron chi connectivity index (χ0n) is 5.96. The SMILES string of the molecule is [CH-]=Cc1[c-]ccc(C)c1.[Y]. The molecule has 0 saturated heterocycles. The Kier molecular flexibility index (Phi) is 4.85. The van der Waals surface area contributed by atoms with Crippen LogP contribution in [0.25, 0.3) is 6.08 Å². The monoisotopic (exact) mass is 205 g/mol. The van der Waals surface area contributed by atoms with Gasteiger partial charge in [0.25, 0.3) is 0 Å². The summed E-state index contributed by atoms with van der Waals surface area (Å²) in [4.78, 5) is 0. The van der Waals surface area contributed by atoms with Crippen LogP contribution in [0.1, 0.15) is 11.1 Å². The molecular weight excluding hydrogens is 197 g/mol. The van der Waals surface area contributed by atoms with E-state index in [9.17, 15) is 0 Å². The molecule has 0 fully saturated rings. The van der Waals surface area contributed by atoms with Gasteiger partial charge >= 0.3 is 0 Å². The van der Waals surface area contributed by atoms with Crippen molar-refractivity contribution in [3.05, 3.63) is 42.0 Å². The van der Waals surface area contributed by atoms with Crippen LogP contribution in [0.4, 0.5) is 0 Å². The van der Waals surface area contributed by atoms with Gasteiger partial charge in [-0.2, -0.15) is 11.6 Å². The maximum Gasteiger partial charge on any atom is 0 e. The fourth-order valence-corrected chi connectivity index (χ4v) is 0.701. The zero-order valence-corrected chi connectivity index (χ0v) is 8.80. The molecule has 0 amide bonds. The van der Waals surface area contributed by atoms with Crippen LogP contribution in [0.15, 0.2) is 18.2 Å². The molecule has 49 valence electrons. The van der Waals surface area contributed by atoms with E-state index >= 15 is 0 Å². The van der Waals surface area contributed by atoms with Crippen LogP contribution in [0.2, 0.25) is 0 Å². The van der Waals surface area contributed by atoms with Crippen molar-refractivity contribution in [2.75, 3.05) is 0 Å². The molecule has 0 N–H and O–H groups in total. The maximum atomic E-state index is 5.26. The first-order valence-electron chi connectivity index (χ1n) is 2.86. The standard InChI is InChI=1S/C9H8.Y/c1-3-9-6-4-5-8(2)7-9;/h1,3-5,7H,2H3;/q-2;. The summed E-state index contributed by atoms with van der Waals surface area (Å²) in [6, 6.07) is 8.83. The zero-order chi connectivity index (χ0) is 6.69. The smallest absolute Gasteiger partial charge is 0 e. The molecule has 0 heterocycles. The van der Waals surface area contributed by atoms with Crippen LogP contribution < -0.4 is 0 Å². The molecule has 0 unspecified atom stereocenters. The molecule has 10 heavy (non-hydrogen) atoms. The van der Waals surface area contributed by atoms with Crippen molar-refractivity contribution in [1.29, 1.82) is 0 Å². The summed E-state index contributed by atoms with van der Waals surface area (Å²) in [5, 5.41) is 0. The Bertz CT molecular complexity index is 216. The fraction of sp³-hybridized carbons (Fsp3) is 0.111. The van der Waals surface area contributed by atoms with Crippen LogP contribution in [0, 0.1) is 19.6 Å². The average Bonchev–Trinajstić information content (AvgIpc) is 1.88. The molecule has 0 spiro atoms. The molecule has 1 rings (SSSR count). The van der Waals surface area contributed by atoms with Gasteiger partial charge in [-0.25, -0.2) is 12.1 Å². The van der Waals surface area contributed by atoms with Crippen molar-refractivity contribution in [3.63, 3.8) is 0 Å². The molecule has 0 aliphatic heterocycles. The predicted molar refractivity (Wildman–Crippen MR) is 38.8 cm³/mol. The number of hydrogen-bond acceptors (Lipinski definition) is 0. The summed E-state index contributed by atoms with van der Waals surface area (Å²) < 4.78 is 0. The van der Waals surface area contributed by atoms with Gasteiger partial charge in [0, 0.05) is 32.7 Å². The molecule has 1 aromatic rings. The van der Waals surface area contributed by atoms with Crippen molar-refractivity contribution in [1.82, 2.24) is 0 Å². The Morgan fingerprint density at radius 1 is 1.60 bits per heavy atom. The van der Waals surface area contributed by atoms with Gasteiger partial charge < -0.3 is 18.2 Å². The maximum absolute atomic E-state index is 5.26. The van der Waals surface area contributed by atoms with Crippen LogP contribution in [0.5, 0.6) is 0 Å². The Labute approximate surface area is 87.2 Å². The van der Waals surface area contributed by atoms with Gasteiger partial charge in [-0.15, -0.1) is 6.07 Å². The number of aryl methyl sites for hydroxylation is 1. The largest absolute Gasteiger partial charge is 0.344 e. The summed E-state index contributed by atoms with van der Waals surface area (Å²) >= 11 is 0. The van der Waals surface area contributed by atoms with Crippen molar-refractivity contribution in [3.8, 4) is 0 Å². The number of hydrogen-bond donors (Lipinski definition) is 0. The Hall–Kier alpha value is 0.0639. The van der Waals surface area contributed by atoms with Crippen molar-refractivity contribution >= 4 is 6.08 Å². The van der Waals surface area contributed by atoms with E-state index in [4.69, 9.17) is 6.58 Å². The molecule has 0 saturated carbocycles. The molecule has 1 aromatic carbocycles. The molecule has 0 nitrogen and oxygen atoms in total. The average molecular weight is 205 g/mol. The molecule has 0 aromatic heterocycles. The second-order valence-electron chi connectivity index (χ2n) is 1.99. The van der Waals surface area contributed by atoms with Gasteiger partial charge in [0.05, 0.1) is 0 Å². The normalized spacial score (nSPS) is 8.10. The molecule has 0 atom stereocenters. The summed E-state index contributed by atoms with van der Waals surface area (Å²) in [6.45, 7) is 7.29. The third-order valence-corrected chi connectivity index (χ3v) is 1.16. The third kappa shape index (κ3) is 2.76. The van der Waals surface area contributed by atoms with Gasteiger partial charge in [0.1, 0.15) is 0 Å². The number of rotatable bonds is 1. The van der Waals surface area contributed by atoms with Crippen LogP contribution in [-0.2, 0) is 32.7 Å². The van der Waals surface area contributed by atoms with E-state index in [1.165, 1.54) is 5.56 Å². The summed E-state index contributed by atoms with van der Waals surface area (Å²) in [6.07, 6.45) is 1.55. The Morgan fingerprint density at radius 2 is 2.30 bits per heavy atom. The second-order valence-corrected chi connectivity index (χ2v) is 1.99. The van der Waals surface area contributed by atoms with Crippen LogP contribution in [-0.4, -0.2) is 0 Å². The minimum Gasteiger partial charge on any atom is -0.344 e. The van der Waals surface area contributed by atoms with E-state index in [1.807, 2.05) is 25.1 Å². The van der Waals surface area contributed by atoms with Gasteiger partial charge in [-0.05, 0) is 0 Å². The van der Waals surface area contributed by atoms with E-state index < -0.39 is 0 Å². The molecule has 0 aliphatic rings. The van der Waals surface area contributed by atoms with E-state index in [-0.39, 0.29) is 32.7 Å². The molecular formula is C9H8Y-2. The predicted octanol–water partition coefficient (Wildman–Crippen LogP) is 2.24. The van der Waals surface area contributed by atoms with E-state index in [0.717, 1.165) is 5.56 Å². The van der Waals surface area contributed by atoms with E-state index in [0.29, 0.717) is 0 Å². The second kappa shape index (κ2) is 4.81. The van der Waals surface area contributed by atoms with E-state index in [2.05, 4.69) is 6.07 Å². The molecule has 1 radical (unpaired) electrons. The van der Waals surface area contributed by atoms with Gasteiger partial charge in [-0.3, -0.25) is 0 Å². The summed E-state index contributed by atoms with van der Waals surface area (Å²) in [7, 11) is 0. The number of benzene rings is 1. The van der Waals surface area contributed by atoms with E-state index in [1.54, 1.807) is 6.08 Å². The quantitative estimate of drug-likeness (QED) is 0.616. The topological polar surface area (TPSA) is 0 Å². The van der Waals surface area contributed by atoms with Crippen LogP contribution >= 0.6 is 0 Å². The third-order valence-electron chi connectivity index (χ3n) is 1.16. The molecule has 0 aliphatic carbocycles. The van der Waals surface area contributed by atoms with Crippen molar-refractivity contribution in [2.24, 2.45) is 0 Å². The summed E-state index contributed by atoms with van der Waals surface area (Å²) in [5.41, 5.74) is 2.17. The minimum atomic E-state index is 0. The molecule has 0 bridgehead atoms. The first kappa shape index (κ1) is 10.1. The Morgan fingerprint density at radius 3 is 2.70 bits per heavy atom. The first-order valence-corrected chi connectivity index (χ1v) is 2.86. The fourth-order valence-electron chi connectivity index (χ4n) is 0.701. The molecule has 1 heteroatoms. The van der Waals surface area contributed by atoms with Crippen molar-refractivity contribution in [2.45, 2.75) is 6.92 Å². The summed E-state index contributed by atoms with van der Waals surface area (Å²) in [5.74, 6) is 0. The van der Waals surface area contributed by atoms with Crippen molar-refractivity contribution < 1.29 is 32.7 Å².